The SMILES string of the molecule is C/C1=C/C=C(\C(C)C)C(=O)[C@@H](O)[C@H](C)CCC(=O)/C(CO[Si](c2ccccc2)(c2ccccc2)C(C)(C)C)=C\CC1. The summed E-state index contributed by atoms with van der Waals surface area (Å²) in [6.45, 7) is 14.8. The van der Waals surface area contributed by atoms with Crippen LogP contribution in [0.15, 0.2) is 95.6 Å². The number of carbonyl (C=O) groups is 2. The third-order valence-corrected chi connectivity index (χ3v) is 13.2. The van der Waals surface area contributed by atoms with E-state index in [1.807, 2.05) is 58.1 Å². The Bertz CT molecular complexity index is 1230. The van der Waals surface area contributed by atoms with Gasteiger partial charge in [-0.05, 0) is 53.4 Å². The Morgan fingerprint density at radius 3 is 2.00 bits per heavy atom. The lowest BCUT2D eigenvalue weighted by Gasteiger charge is -2.43. The second kappa shape index (κ2) is 14.3. The number of Topliss-reactive ketones (excluding diaryl/α,β-unsaturated/α-hetero) is 2. The zero-order valence-corrected chi connectivity index (χ0v) is 26.9. The minimum Gasteiger partial charge on any atom is -0.403 e. The van der Waals surface area contributed by atoms with Crippen LogP contribution < -0.4 is 10.4 Å². The maximum atomic E-state index is 13.7. The van der Waals surface area contributed by atoms with Gasteiger partial charge >= 0.3 is 0 Å². The van der Waals surface area contributed by atoms with Crippen LogP contribution in [0.3, 0.4) is 0 Å². The van der Waals surface area contributed by atoms with Crippen molar-refractivity contribution in [1.82, 2.24) is 0 Å². The molecule has 0 aromatic heterocycles. The van der Waals surface area contributed by atoms with Gasteiger partial charge in [0.15, 0.2) is 11.6 Å². The van der Waals surface area contributed by atoms with E-state index in [4.69, 9.17) is 4.43 Å². The topological polar surface area (TPSA) is 63.6 Å². The van der Waals surface area contributed by atoms with Gasteiger partial charge in [0, 0.05) is 17.6 Å². The van der Waals surface area contributed by atoms with Crippen LogP contribution in [0.1, 0.15) is 74.1 Å². The first-order chi connectivity index (χ1) is 19.4. The van der Waals surface area contributed by atoms with Gasteiger partial charge in [-0.3, -0.25) is 9.59 Å². The van der Waals surface area contributed by atoms with E-state index in [2.05, 4.69) is 69.3 Å². The van der Waals surface area contributed by atoms with E-state index in [-0.39, 0.29) is 41.5 Å². The summed E-state index contributed by atoms with van der Waals surface area (Å²) >= 11 is 0. The maximum absolute atomic E-state index is 13.7. The monoisotopic (exact) mass is 572 g/mol. The van der Waals surface area contributed by atoms with Gasteiger partial charge < -0.3 is 9.53 Å². The molecule has 4 nitrogen and oxygen atoms in total. The molecule has 0 radical (unpaired) electrons. The van der Waals surface area contributed by atoms with Gasteiger partial charge in [0.25, 0.3) is 8.32 Å². The van der Waals surface area contributed by atoms with E-state index < -0.39 is 14.4 Å². The van der Waals surface area contributed by atoms with Crippen LogP contribution in [0, 0.1) is 11.8 Å². The van der Waals surface area contributed by atoms with E-state index in [1.165, 1.54) is 10.4 Å². The van der Waals surface area contributed by atoms with Crippen molar-refractivity contribution < 1.29 is 19.1 Å². The Morgan fingerprint density at radius 1 is 0.927 bits per heavy atom. The summed E-state index contributed by atoms with van der Waals surface area (Å²) in [5.74, 6) is -0.548. The number of carbonyl (C=O) groups excluding carboxylic acids is 2. The van der Waals surface area contributed by atoms with E-state index >= 15 is 0 Å². The van der Waals surface area contributed by atoms with E-state index in [1.54, 1.807) is 0 Å². The molecule has 2 aromatic carbocycles. The smallest absolute Gasteiger partial charge is 0.261 e. The predicted molar refractivity (Wildman–Crippen MR) is 172 cm³/mol. The highest BCUT2D eigenvalue weighted by Crippen LogP contribution is 2.37. The number of allylic oxidation sites excluding steroid dienone is 4. The predicted octanol–water partition coefficient (Wildman–Crippen LogP) is 6.73. The zero-order chi connectivity index (χ0) is 30.2. The lowest BCUT2D eigenvalue weighted by atomic mass is 9.87. The highest BCUT2D eigenvalue weighted by Gasteiger charge is 2.50. The molecule has 0 aliphatic heterocycles. The number of hydrogen-bond acceptors (Lipinski definition) is 4. The van der Waals surface area contributed by atoms with E-state index in [0.29, 0.717) is 24.0 Å². The summed E-state index contributed by atoms with van der Waals surface area (Å²) in [5.41, 5.74) is 2.42. The van der Waals surface area contributed by atoms with Crippen LogP contribution in [0.2, 0.25) is 5.04 Å². The molecule has 0 amide bonds. The first-order valence-electron chi connectivity index (χ1n) is 14.9. The molecule has 2 aromatic rings. The molecular formula is C36H48O4Si. The molecule has 220 valence electrons. The lowest BCUT2D eigenvalue weighted by Crippen LogP contribution is -2.66. The average Bonchev–Trinajstić information content (AvgIpc) is 2.94. The fourth-order valence-electron chi connectivity index (χ4n) is 5.66. The summed E-state index contributed by atoms with van der Waals surface area (Å²) in [6.07, 6.45) is 6.93. The zero-order valence-electron chi connectivity index (χ0n) is 25.9. The number of aliphatic hydroxyl groups is 1. The van der Waals surface area contributed by atoms with Crippen LogP contribution in [0.5, 0.6) is 0 Å². The average molecular weight is 573 g/mol. The largest absolute Gasteiger partial charge is 0.403 e. The number of ketones is 2. The van der Waals surface area contributed by atoms with Crippen LogP contribution in [-0.2, 0) is 14.0 Å². The molecule has 2 atom stereocenters. The summed E-state index contributed by atoms with van der Waals surface area (Å²) < 4.78 is 7.10. The Morgan fingerprint density at radius 2 is 1.49 bits per heavy atom. The summed E-state index contributed by atoms with van der Waals surface area (Å²) in [6, 6.07) is 20.9. The molecule has 3 rings (SSSR count). The second-order valence-corrected chi connectivity index (χ2v) is 17.1. The first-order valence-corrected chi connectivity index (χ1v) is 16.9. The van der Waals surface area contributed by atoms with Gasteiger partial charge in [-0.15, -0.1) is 0 Å². The fraction of sp³-hybridized carbons (Fsp3) is 0.444. The van der Waals surface area contributed by atoms with Gasteiger partial charge in [-0.2, -0.15) is 0 Å². The molecule has 1 aliphatic rings. The van der Waals surface area contributed by atoms with Crippen LogP contribution in [0.25, 0.3) is 0 Å². The van der Waals surface area contributed by atoms with E-state index in [0.717, 1.165) is 12.0 Å². The minimum absolute atomic E-state index is 0.00747. The molecule has 0 bridgehead atoms. The Labute approximate surface area is 248 Å². The van der Waals surface area contributed by atoms with Crippen molar-refractivity contribution in [2.75, 3.05) is 6.61 Å². The molecule has 0 saturated carbocycles. The summed E-state index contributed by atoms with van der Waals surface area (Å²) in [4.78, 5) is 26.8. The maximum Gasteiger partial charge on any atom is 0.261 e. The molecule has 0 spiro atoms. The first kappa shape index (κ1) is 32.6. The van der Waals surface area contributed by atoms with Gasteiger partial charge in [0.1, 0.15) is 6.10 Å². The van der Waals surface area contributed by atoms with Crippen molar-refractivity contribution >= 4 is 30.3 Å². The number of rotatable bonds is 6. The highest BCUT2D eigenvalue weighted by molar-refractivity contribution is 6.99. The van der Waals surface area contributed by atoms with Crippen molar-refractivity contribution in [1.29, 1.82) is 0 Å². The Kier molecular flexibility index (Phi) is 11.4. The molecule has 0 heterocycles. The van der Waals surface area contributed by atoms with Crippen LogP contribution >= 0.6 is 0 Å². The van der Waals surface area contributed by atoms with Crippen LogP contribution in [-0.4, -0.2) is 37.7 Å². The molecule has 1 N–H and O–H groups in total. The summed E-state index contributed by atoms with van der Waals surface area (Å²) in [7, 11) is -2.81. The molecule has 1 aliphatic carbocycles. The van der Waals surface area contributed by atoms with Gasteiger partial charge in [-0.1, -0.05) is 126 Å². The third kappa shape index (κ3) is 7.91. The quantitative estimate of drug-likeness (QED) is 0.390. The van der Waals surface area contributed by atoms with Crippen molar-refractivity contribution in [2.45, 2.75) is 85.3 Å². The number of benzene rings is 2. The molecule has 0 fully saturated rings. The van der Waals surface area contributed by atoms with Gasteiger partial charge in [0.05, 0.1) is 6.61 Å². The molecule has 5 heteroatoms. The Balaban J connectivity index is 2.01. The van der Waals surface area contributed by atoms with Gasteiger partial charge in [-0.25, -0.2) is 0 Å². The molecule has 0 saturated heterocycles. The lowest BCUT2D eigenvalue weighted by molar-refractivity contribution is -0.126. The summed E-state index contributed by atoms with van der Waals surface area (Å²) in [5, 5.41) is 13.0. The van der Waals surface area contributed by atoms with Crippen molar-refractivity contribution in [2.24, 2.45) is 11.8 Å². The van der Waals surface area contributed by atoms with Crippen molar-refractivity contribution in [3.8, 4) is 0 Å². The minimum atomic E-state index is -2.81. The normalized spacial score (nSPS) is 24.1. The van der Waals surface area contributed by atoms with Crippen molar-refractivity contribution in [3.63, 3.8) is 0 Å². The molecule has 0 unspecified atom stereocenters. The van der Waals surface area contributed by atoms with Crippen molar-refractivity contribution in [3.05, 3.63) is 95.6 Å². The fourth-order valence-corrected chi connectivity index (χ4v) is 10.2. The number of hydrogen-bond donors (Lipinski definition) is 1. The third-order valence-electron chi connectivity index (χ3n) is 8.24. The van der Waals surface area contributed by atoms with Crippen LogP contribution in [0.4, 0.5) is 0 Å². The highest BCUT2D eigenvalue weighted by atomic mass is 28.4. The molecule has 41 heavy (non-hydrogen) atoms. The van der Waals surface area contributed by atoms with E-state index in [9.17, 15) is 14.7 Å². The second-order valence-electron chi connectivity index (χ2n) is 12.8. The standard InChI is InChI=1S/C36H48O4Si/c1-26(2)32-23-21-27(3)15-14-16-29(33(37)24-22-28(4)34(38)35(32)39)25-40-41(36(5,6)7,30-17-10-8-11-18-30)31-19-12-9-13-20-31/h8-13,16-21,23,26,28,34,38H,14-15,22,24-25H2,1-7H3/b27-21-,29-16-,32-23+/t28-,34+/m1/s1. The van der Waals surface area contributed by atoms with Gasteiger partial charge in [0.2, 0.25) is 0 Å². The molecular weight excluding hydrogens is 524 g/mol. The number of aliphatic hydroxyl groups excluding tert-OH is 1. The Hall–Kier alpha value is -2.86.